The molecule has 0 aromatic heterocycles. The third kappa shape index (κ3) is 3.71. The number of amides is 2. The monoisotopic (exact) mass is 427 g/mol. The molecule has 26 heavy (non-hydrogen) atoms. The molecule has 0 fully saturated rings. The van der Waals surface area contributed by atoms with Crippen LogP contribution >= 0.6 is 27.5 Å². The zero-order valence-electron chi connectivity index (χ0n) is 13.7. The highest BCUT2D eigenvalue weighted by Gasteiger charge is 2.28. The van der Waals surface area contributed by atoms with Gasteiger partial charge in [-0.2, -0.15) is 0 Å². The fourth-order valence-electron chi connectivity index (χ4n) is 2.62. The lowest BCUT2D eigenvalue weighted by Crippen LogP contribution is -2.37. The van der Waals surface area contributed by atoms with Crippen LogP contribution in [0.3, 0.4) is 0 Å². The Morgan fingerprint density at radius 2 is 1.27 bits per heavy atom. The Labute approximate surface area is 165 Å². The van der Waals surface area contributed by atoms with Crippen LogP contribution in [0.5, 0.6) is 0 Å². The second-order valence-corrected chi connectivity index (χ2v) is 6.52. The first-order valence-electron chi connectivity index (χ1n) is 7.95. The van der Waals surface area contributed by atoms with E-state index >= 15 is 0 Å². The first-order chi connectivity index (χ1) is 12.6. The maximum atomic E-state index is 13.2. The second-order valence-electron chi connectivity index (χ2n) is 5.55. The number of hydrogen-bond acceptors (Lipinski definition) is 2. The highest BCUT2D eigenvalue weighted by molar-refractivity contribution is 9.08. The van der Waals surface area contributed by atoms with Crippen LogP contribution in [0.15, 0.2) is 78.9 Å². The molecule has 0 radical (unpaired) electrons. The molecule has 130 valence electrons. The van der Waals surface area contributed by atoms with Crippen LogP contribution < -0.4 is 4.90 Å². The van der Waals surface area contributed by atoms with Crippen molar-refractivity contribution in [2.24, 2.45) is 0 Å². The topological polar surface area (TPSA) is 37.4 Å². The van der Waals surface area contributed by atoms with Crippen molar-refractivity contribution < 1.29 is 9.59 Å². The van der Waals surface area contributed by atoms with E-state index < -0.39 is 11.8 Å². The molecule has 0 aliphatic rings. The summed E-state index contributed by atoms with van der Waals surface area (Å²) < 4.78 is 0. The van der Waals surface area contributed by atoms with Crippen LogP contribution in [0.4, 0.5) is 5.69 Å². The van der Waals surface area contributed by atoms with Crippen LogP contribution in [-0.2, 0) is 5.33 Å². The molecule has 0 aliphatic carbocycles. The summed E-state index contributed by atoms with van der Waals surface area (Å²) in [6, 6.07) is 22.6. The Bertz CT molecular complexity index is 878. The zero-order valence-corrected chi connectivity index (χ0v) is 16.1. The number of carbonyl (C=O) groups is 2. The molecule has 0 N–H and O–H groups in total. The van der Waals surface area contributed by atoms with E-state index in [1.165, 1.54) is 4.90 Å². The first kappa shape index (κ1) is 18.4. The van der Waals surface area contributed by atoms with E-state index in [1.54, 1.807) is 66.7 Å². The number of hydrogen-bond donors (Lipinski definition) is 0. The quantitative estimate of drug-likeness (QED) is 0.393. The molecule has 3 rings (SSSR count). The smallest absolute Gasteiger partial charge is 0.265 e. The number of carbonyl (C=O) groups excluding carboxylic acids is 2. The molecule has 0 spiro atoms. The van der Waals surface area contributed by atoms with Gasteiger partial charge in [0.1, 0.15) is 0 Å². The summed E-state index contributed by atoms with van der Waals surface area (Å²) in [6.07, 6.45) is 0. The summed E-state index contributed by atoms with van der Waals surface area (Å²) in [5, 5.41) is 0.911. The molecule has 0 saturated heterocycles. The molecule has 3 aromatic carbocycles. The van der Waals surface area contributed by atoms with Gasteiger partial charge in [-0.3, -0.25) is 9.59 Å². The summed E-state index contributed by atoms with van der Waals surface area (Å²) >= 11 is 9.70. The minimum Gasteiger partial charge on any atom is -0.268 e. The van der Waals surface area contributed by atoms with E-state index in [1.807, 2.05) is 12.1 Å². The van der Waals surface area contributed by atoms with Gasteiger partial charge in [-0.25, -0.2) is 4.90 Å². The van der Waals surface area contributed by atoms with Gasteiger partial charge in [0, 0.05) is 27.0 Å². The molecule has 0 saturated carbocycles. The normalized spacial score (nSPS) is 10.4. The molecule has 2 amide bonds. The Morgan fingerprint density at radius 3 is 1.73 bits per heavy atom. The minimum atomic E-state index is -0.399. The largest absolute Gasteiger partial charge is 0.268 e. The predicted octanol–water partition coefficient (Wildman–Crippen LogP) is 5.72. The van der Waals surface area contributed by atoms with Crippen molar-refractivity contribution in [2.75, 3.05) is 4.90 Å². The fraction of sp³-hybridized carbons (Fsp3) is 0.0476. The molecule has 3 aromatic rings. The van der Waals surface area contributed by atoms with Crippen molar-refractivity contribution in [1.29, 1.82) is 0 Å². The van der Waals surface area contributed by atoms with Crippen molar-refractivity contribution >= 4 is 45.0 Å². The van der Waals surface area contributed by atoms with Crippen LogP contribution in [-0.4, -0.2) is 11.8 Å². The Morgan fingerprint density at radius 1 is 0.769 bits per heavy atom. The van der Waals surface area contributed by atoms with Gasteiger partial charge >= 0.3 is 0 Å². The summed E-state index contributed by atoms with van der Waals surface area (Å²) in [4.78, 5) is 27.6. The highest BCUT2D eigenvalue weighted by Crippen LogP contribution is 2.31. The molecule has 3 nitrogen and oxygen atoms in total. The molecule has 5 heteroatoms. The number of alkyl halides is 1. The average molecular weight is 429 g/mol. The lowest BCUT2D eigenvalue weighted by atomic mass is 10.1. The average Bonchev–Trinajstić information content (AvgIpc) is 2.69. The number of anilines is 1. The number of imide groups is 1. The summed E-state index contributed by atoms with van der Waals surface area (Å²) in [5.41, 5.74) is 2.01. The lowest BCUT2D eigenvalue weighted by Gasteiger charge is -2.24. The molecule has 0 unspecified atom stereocenters. The van der Waals surface area contributed by atoms with Crippen molar-refractivity contribution in [1.82, 2.24) is 0 Å². The van der Waals surface area contributed by atoms with Crippen LogP contribution in [0.1, 0.15) is 26.3 Å². The van der Waals surface area contributed by atoms with E-state index in [4.69, 9.17) is 11.6 Å². The second kappa shape index (κ2) is 8.30. The third-order valence-corrected chi connectivity index (χ3v) is 4.83. The first-order valence-corrected chi connectivity index (χ1v) is 9.45. The van der Waals surface area contributed by atoms with E-state index in [9.17, 15) is 9.59 Å². The predicted molar refractivity (Wildman–Crippen MR) is 108 cm³/mol. The summed E-state index contributed by atoms with van der Waals surface area (Å²) in [6.45, 7) is 0. The van der Waals surface area contributed by atoms with E-state index in [-0.39, 0.29) is 0 Å². The van der Waals surface area contributed by atoms with Gasteiger partial charge in [0.15, 0.2) is 0 Å². The fourth-order valence-corrected chi connectivity index (χ4v) is 3.61. The Balaban J connectivity index is 2.16. The molecule has 0 atom stereocenters. The number of nitrogens with zero attached hydrogens (tertiary/aromatic N) is 1. The Hall–Kier alpha value is -2.43. The molecular formula is C21H15BrClNO2. The van der Waals surface area contributed by atoms with Crippen molar-refractivity contribution in [2.45, 2.75) is 5.33 Å². The van der Waals surface area contributed by atoms with Gasteiger partial charge in [0.05, 0.1) is 5.69 Å². The zero-order chi connectivity index (χ0) is 18.5. The molecule has 0 bridgehead atoms. The van der Waals surface area contributed by atoms with E-state index in [0.717, 1.165) is 0 Å². The van der Waals surface area contributed by atoms with Gasteiger partial charge in [0.2, 0.25) is 0 Å². The van der Waals surface area contributed by atoms with Crippen LogP contribution in [0.25, 0.3) is 0 Å². The van der Waals surface area contributed by atoms with E-state index in [0.29, 0.717) is 32.7 Å². The summed E-state index contributed by atoms with van der Waals surface area (Å²) in [7, 11) is 0. The SMILES string of the molecule is O=C(c1ccccc1)N(C(=O)c1ccccc1)c1cccc(Cl)c1CBr. The van der Waals surface area contributed by atoms with E-state index in [2.05, 4.69) is 15.9 Å². The maximum absolute atomic E-state index is 13.2. The van der Waals surface area contributed by atoms with Gasteiger partial charge in [-0.15, -0.1) is 0 Å². The van der Waals surface area contributed by atoms with Crippen molar-refractivity contribution in [3.8, 4) is 0 Å². The third-order valence-electron chi connectivity index (χ3n) is 3.92. The van der Waals surface area contributed by atoms with Crippen molar-refractivity contribution in [3.63, 3.8) is 0 Å². The van der Waals surface area contributed by atoms with Gasteiger partial charge < -0.3 is 0 Å². The molecular weight excluding hydrogens is 414 g/mol. The Kier molecular flexibility index (Phi) is 5.86. The van der Waals surface area contributed by atoms with Gasteiger partial charge in [-0.1, -0.05) is 70.0 Å². The highest BCUT2D eigenvalue weighted by atomic mass is 79.9. The number of halogens is 2. The standard InChI is InChI=1S/C21H15BrClNO2/c22-14-17-18(23)12-7-13-19(17)24(20(25)15-8-3-1-4-9-15)21(26)16-10-5-2-6-11-16/h1-13H,14H2. The molecule has 0 heterocycles. The maximum Gasteiger partial charge on any atom is 0.265 e. The van der Waals surface area contributed by atoms with Crippen molar-refractivity contribution in [3.05, 3.63) is 101 Å². The summed E-state index contributed by atoms with van der Waals surface area (Å²) in [5.74, 6) is -0.798. The van der Waals surface area contributed by atoms with Crippen LogP contribution in [0, 0.1) is 0 Å². The lowest BCUT2D eigenvalue weighted by molar-refractivity contribution is 0.0897. The minimum absolute atomic E-state index is 0.399. The number of benzene rings is 3. The van der Waals surface area contributed by atoms with Gasteiger partial charge in [0.25, 0.3) is 11.8 Å². The van der Waals surface area contributed by atoms with Crippen LogP contribution in [0.2, 0.25) is 5.02 Å². The number of rotatable bonds is 4. The molecule has 0 aliphatic heterocycles. The van der Waals surface area contributed by atoms with Gasteiger partial charge in [-0.05, 0) is 36.4 Å².